The molecule has 6 heteroatoms. The Balaban J connectivity index is 1.86. The average Bonchev–Trinajstić information content (AvgIpc) is 2.67. The monoisotopic (exact) mass is 659 g/mol. The minimum absolute atomic E-state index is 0.285. The van der Waals surface area contributed by atoms with Crippen LogP contribution in [0.25, 0.3) is 11.6 Å². The molecule has 0 heterocycles. The average molecular weight is 660 g/mol. The zero-order chi connectivity index (χ0) is 20.1. The molecule has 0 spiro atoms. The number of hydrogen-bond donors (Lipinski definition) is 0. The molecule has 0 fully saturated rings. The molecule has 3 rings (SSSR count). The molecule has 140 valence electrons. The Hall–Kier alpha value is -1.44. The highest BCUT2D eigenvalue weighted by Gasteiger charge is 2.11. The van der Waals surface area contributed by atoms with Crippen molar-refractivity contribution in [3.63, 3.8) is 0 Å². The van der Waals surface area contributed by atoms with Crippen molar-refractivity contribution in [2.24, 2.45) is 0 Å². The highest BCUT2D eigenvalue weighted by atomic mass is 127. The molecule has 0 N–H and O–H groups in total. The standard InChI is InChI=1S/C22H13BrFI2NO/c23-17-7-5-14(6-8-17)13-28-22-20(25)10-15(11-21(22)26)9-16(12-27)18-3-1-2-4-19(18)24/h1-11H,13H2/b16-9-. The van der Waals surface area contributed by atoms with Crippen molar-refractivity contribution in [3.05, 3.63) is 94.8 Å². The van der Waals surface area contributed by atoms with E-state index in [0.29, 0.717) is 12.2 Å². The molecule has 0 saturated carbocycles. The summed E-state index contributed by atoms with van der Waals surface area (Å²) >= 11 is 7.86. The lowest BCUT2D eigenvalue weighted by Gasteiger charge is -2.12. The lowest BCUT2D eigenvalue weighted by atomic mass is 10.0. The zero-order valence-corrected chi connectivity index (χ0v) is 20.3. The molecular formula is C22H13BrFI2NO. The van der Waals surface area contributed by atoms with E-state index in [4.69, 9.17) is 4.74 Å². The second-order valence-electron chi connectivity index (χ2n) is 5.88. The van der Waals surface area contributed by atoms with Crippen molar-refractivity contribution in [2.75, 3.05) is 0 Å². The molecule has 0 radical (unpaired) electrons. The number of rotatable bonds is 5. The van der Waals surface area contributed by atoms with E-state index in [1.54, 1.807) is 24.3 Å². The van der Waals surface area contributed by atoms with Gasteiger partial charge >= 0.3 is 0 Å². The van der Waals surface area contributed by atoms with Crippen LogP contribution in [-0.4, -0.2) is 0 Å². The maximum absolute atomic E-state index is 14.0. The van der Waals surface area contributed by atoms with Crippen LogP contribution in [0, 0.1) is 24.3 Å². The summed E-state index contributed by atoms with van der Waals surface area (Å²) in [5, 5.41) is 9.47. The first-order valence-corrected chi connectivity index (χ1v) is 11.2. The van der Waals surface area contributed by atoms with Gasteiger partial charge in [0.25, 0.3) is 0 Å². The summed E-state index contributed by atoms with van der Waals surface area (Å²) in [6.45, 7) is 0.465. The Kier molecular flexibility index (Phi) is 7.48. The van der Waals surface area contributed by atoms with Crippen molar-refractivity contribution in [2.45, 2.75) is 6.61 Å². The second kappa shape index (κ2) is 9.85. The van der Waals surface area contributed by atoms with Crippen LogP contribution >= 0.6 is 61.1 Å². The summed E-state index contributed by atoms with van der Waals surface area (Å²) < 4.78 is 22.9. The summed E-state index contributed by atoms with van der Waals surface area (Å²) in [5.74, 6) is 0.389. The van der Waals surface area contributed by atoms with Gasteiger partial charge in [-0.25, -0.2) is 4.39 Å². The van der Waals surface area contributed by atoms with E-state index >= 15 is 0 Å². The summed E-state index contributed by atoms with van der Waals surface area (Å²) in [7, 11) is 0. The Morgan fingerprint density at radius 3 is 2.32 bits per heavy atom. The van der Waals surface area contributed by atoms with Crippen LogP contribution in [0.4, 0.5) is 4.39 Å². The maximum Gasteiger partial charge on any atom is 0.146 e. The van der Waals surface area contributed by atoms with Gasteiger partial charge in [-0.2, -0.15) is 5.26 Å². The quantitative estimate of drug-likeness (QED) is 0.162. The summed E-state index contributed by atoms with van der Waals surface area (Å²) in [5.41, 5.74) is 2.48. The highest BCUT2D eigenvalue weighted by Crippen LogP contribution is 2.31. The van der Waals surface area contributed by atoms with Crippen molar-refractivity contribution in [1.82, 2.24) is 0 Å². The van der Waals surface area contributed by atoms with Gasteiger partial charge in [-0.05, 0) is 92.7 Å². The molecule has 0 aliphatic carbocycles. The van der Waals surface area contributed by atoms with Gasteiger partial charge in [-0.3, -0.25) is 0 Å². The van der Waals surface area contributed by atoms with Gasteiger partial charge in [-0.15, -0.1) is 0 Å². The molecule has 0 bridgehead atoms. The molecule has 28 heavy (non-hydrogen) atoms. The van der Waals surface area contributed by atoms with Crippen LogP contribution in [0.3, 0.4) is 0 Å². The van der Waals surface area contributed by atoms with Gasteiger partial charge in [0.1, 0.15) is 18.2 Å². The fraction of sp³-hybridized carbons (Fsp3) is 0.0455. The molecule has 0 amide bonds. The van der Waals surface area contributed by atoms with E-state index in [0.717, 1.165) is 28.5 Å². The molecular weight excluding hydrogens is 647 g/mol. The first-order valence-electron chi connectivity index (χ1n) is 8.21. The van der Waals surface area contributed by atoms with Crippen molar-refractivity contribution in [3.8, 4) is 11.8 Å². The van der Waals surface area contributed by atoms with Crippen LogP contribution in [0.5, 0.6) is 5.75 Å². The van der Waals surface area contributed by atoms with Gasteiger partial charge < -0.3 is 4.74 Å². The van der Waals surface area contributed by atoms with Gasteiger partial charge in [-0.1, -0.05) is 46.3 Å². The van der Waals surface area contributed by atoms with Crippen LogP contribution in [0.2, 0.25) is 0 Å². The Morgan fingerprint density at radius 1 is 1.07 bits per heavy atom. The third-order valence-electron chi connectivity index (χ3n) is 3.91. The molecule has 3 aromatic carbocycles. The summed E-state index contributed by atoms with van der Waals surface area (Å²) in [6, 6.07) is 20.2. The molecule has 0 saturated heterocycles. The third-order valence-corrected chi connectivity index (χ3v) is 6.04. The van der Waals surface area contributed by atoms with Crippen LogP contribution in [0.1, 0.15) is 16.7 Å². The van der Waals surface area contributed by atoms with Crippen molar-refractivity contribution >= 4 is 72.8 Å². The molecule has 0 aliphatic heterocycles. The molecule has 2 nitrogen and oxygen atoms in total. The number of hydrogen-bond acceptors (Lipinski definition) is 2. The Labute approximate surface area is 198 Å². The minimum atomic E-state index is -0.408. The number of halogens is 4. The topological polar surface area (TPSA) is 33.0 Å². The minimum Gasteiger partial charge on any atom is -0.487 e. The molecule has 0 aromatic heterocycles. The van der Waals surface area contributed by atoms with Crippen molar-refractivity contribution in [1.29, 1.82) is 5.26 Å². The lowest BCUT2D eigenvalue weighted by molar-refractivity contribution is 0.301. The van der Waals surface area contributed by atoms with Gasteiger partial charge in [0.2, 0.25) is 0 Å². The molecule has 0 atom stereocenters. The maximum atomic E-state index is 14.0. The predicted octanol–water partition coefficient (Wildman–Crippen LogP) is 7.44. The van der Waals surface area contributed by atoms with E-state index in [-0.39, 0.29) is 5.57 Å². The third kappa shape index (κ3) is 5.33. The Morgan fingerprint density at radius 2 is 1.71 bits per heavy atom. The predicted molar refractivity (Wildman–Crippen MR) is 130 cm³/mol. The van der Waals surface area contributed by atoms with E-state index < -0.39 is 5.82 Å². The molecule has 3 aromatic rings. The summed E-state index contributed by atoms with van der Waals surface area (Å²) in [6.07, 6.45) is 1.70. The van der Waals surface area contributed by atoms with E-state index in [1.165, 1.54) is 6.07 Å². The SMILES string of the molecule is N#C/C(=C/c1cc(I)c(OCc2ccc(Br)cc2)c(I)c1)c1ccccc1F. The smallest absolute Gasteiger partial charge is 0.146 e. The molecule has 0 unspecified atom stereocenters. The fourth-order valence-electron chi connectivity index (χ4n) is 2.55. The van der Waals surface area contributed by atoms with E-state index in [9.17, 15) is 9.65 Å². The number of benzene rings is 3. The van der Waals surface area contributed by atoms with Crippen LogP contribution < -0.4 is 4.74 Å². The van der Waals surface area contributed by atoms with Gasteiger partial charge in [0.15, 0.2) is 0 Å². The Bertz CT molecular complexity index is 1050. The number of nitriles is 1. The first-order chi connectivity index (χ1) is 13.5. The van der Waals surface area contributed by atoms with Crippen molar-refractivity contribution < 1.29 is 9.13 Å². The zero-order valence-electron chi connectivity index (χ0n) is 14.4. The fourth-order valence-corrected chi connectivity index (χ4v) is 4.95. The highest BCUT2D eigenvalue weighted by molar-refractivity contribution is 14.1. The van der Waals surface area contributed by atoms with E-state index in [1.807, 2.05) is 36.4 Å². The van der Waals surface area contributed by atoms with Crippen LogP contribution in [0.15, 0.2) is 65.1 Å². The second-order valence-corrected chi connectivity index (χ2v) is 9.12. The number of allylic oxidation sites excluding steroid dienone is 1. The van der Waals surface area contributed by atoms with E-state index in [2.05, 4.69) is 67.2 Å². The van der Waals surface area contributed by atoms with Gasteiger partial charge in [0, 0.05) is 10.0 Å². The lowest BCUT2D eigenvalue weighted by Crippen LogP contribution is -1.99. The largest absolute Gasteiger partial charge is 0.487 e. The normalized spacial score (nSPS) is 11.2. The molecule has 0 aliphatic rings. The number of nitrogens with zero attached hydrogens (tertiary/aromatic N) is 1. The van der Waals surface area contributed by atoms with Crippen LogP contribution in [-0.2, 0) is 6.61 Å². The number of ether oxygens (including phenoxy) is 1. The van der Waals surface area contributed by atoms with Gasteiger partial charge in [0.05, 0.1) is 18.8 Å². The first kappa shape index (κ1) is 21.3. The summed E-state index contributed by atoms with van der Waals surface area (Å²) in [4.78, 5) is 0.